The van der Waals surface area contributed by atoms with Gasteiger partial charge in [0.15, 0.2) is 5.96 Å². The third kappa shape index (κ3) is 8.50. The van der Waals surface area contributed by atoms with Gasteiger partial charge < -0.3 is 21.3 Å². The van der Waals surface area contributed by atoms with Gasteiger partial charge in [-0.1, -0.05) is 19.1 Å². The van der Waals surface area contributed by atoms with E-state index >= 15 is 0 Å². The maximum atomic E-state index is 11.7. The van der Waals surface area contributed by atoms with Gasteiger partial charge in [-0.25, -0.2) is 0 Å². The van der Waals surface area contributed by atoms with E-state index in [1.165, 1.54) is 0 Å². The van der Waals surface area contributed by atoms with Crippen LogP contribution in [0.2, 0.25) is 0 Å². The summed E-state index contributed by atoms with van der Waals surface area (Å²) >= 11 is 0. The fraction of sp³-hybridized carbons (Fsp3) is 0.526. The molecule has 0 aliphatic heterocycles. The summed E-state index contributed by atoms with van der Waals surface area (Å²) in [7, 11) is 1.62. The highest BCUT2D eigenvalue weighted by molar-refractivity contribution is 5.94. The van der Waals surface area contributed by atoms with Crippen LogP contribution in [0.15, 0.2) is 29.3 Å². The van der Waals surface area contributed by atoms with Crippen LogP contribution in [0.5, 0.6) is 0 Å². The monoisotopic (exact) mass is 361 g/mol. The number of guanidine groups is 1. The molecule has 0 atom stereocenters. The molecule has 0 radical (unpaired) electrons. The van der Waals surface area contributed by atoms with E-state index in [0.29, 0.717) is 37.6 Å². The molecule has 1 aromatic rings. The fourth-order valence-electron chi connectivity index (χ4n) is 2.30. The molecular formula is C19H31N5O2. The summed E-state index contributed by atoms with van der Waals surface area (Å²) in [5, 5.41) is 11.9. The molecule has 1 rings (SSSR count). The molecule has 26 heavy (non-hydrogen) atoms. The van der Waals surface area contributed by atoms with E-state index in [-0.39, 0.29) is 11.8 Å². The van der Waals surface area contributed by atoms with Crippen LogP contribution in [-0.4, -0.2) is 51.0 Å². The highest BCUT2D eigenvalue weighted by Gasteiger charge is 2.04. The number of aliphatic imine (C=N–C) groups is 1. The van der Waals surface area contributed by atoms with Crippen molar-refractivity contribution in [2.45, 2.75) is 33.1 Å². The molecule has 7 nitrogen and oxygen atoms in total. The maximum Gasteiger partial charge on any atom is 0.251 e. The lowest BCUT2D eigenvalue weighted by Crippen LogP contribution is -2.38. The Morgan fingerprint density at radius 2 is 1.88 bits per heavy atom. The Labute approximate surface area is 156 Å². The minimum absolute atomic E-state index is 0.0254. The lowest BCUT2D eigenvalue weighted by atomic mass is 10.1. The number of amides is 2. The second-order valence-corrected chi connectivity index (χ2v) is 5.82. The quantitative estimate of drug-likeness (QED) is 0.370. The van der Waals surface area contributed by atoms with Gasteiger partial charge in [0.05, 0.1) is 6.54 Å². The molecule has 7 heteroatoms. The number of rotatable bonds is 10. The highest BCUT2D eigenvalue weighted by Crippen LogP contribution is 2.05. The molecule has 0 aromatic heterocycles. The Bertz CT molecular complexity index is 601. The van der Waals surface area contributed by atoms with Crippen LogP contribution in [-0.2, 0) is 11.2 Å². The standard InChI is InChI=1S/C19H31N5O2/c1-4-11-22-17(25)10-13-24-19(21-5-2)23-12-9-15-7-6-8-16(14-15)18(26)20-3/h6-8,14H,4-5,9-13H2,1-3H3,(H,20,26)(H,22,25)(H2,21,23,24). The third-order valence-corrected chi connectivity index (χ3v) is 3.65. The van der Waals surface area contributed by atoms with Crippen LogP contribution in [0, 0.1) is 0 Å². The zero-order valence-corrected chi connectivity index (χ0v) is 16.0. The van der Waals surface area contributed by atoms with E-state index in [9.17, 15) is 9.59 Å². The van der Waals surface area contributed by atoms with E-state index in [0.717, 1.165) is 24.9 Å². The summed E-state index contributed by atoms with van der Waals surface area (Å²) in [5.74, 6) is 0.631. The molecule has 0 bridgehead atoms. The minimum atomic E-state index is -0.0870. The Balaban J connectivity index is 2.46. The van der Waals surface area contributed by atoms with Gasteiger partial charge >= 0.3 is 0 Å². The summed E-state index contributed by atoms with van der Waals surface area (Å²) in [5.41, 5.74) is 1.73. The van der Waals surface area contributed by atoms with Crippen molar-refractivity contribution in [2.24, 2.45) is 4.99 Å². The van der Waals surface area contributed by atoms with Gasteiger partial charge in [0.2, 0.25) is 5.91 Å². The van der Waals surface area contributed by atoms with Crippen LogP contribution in [0.1, 0.15) is 42.6 Å². The first-order valence-corrected chi connectivity index (χ1v) is 9.20. The molecule has 2 amide bonds. The second-order valence-electron chi connectivity index (χ2n) is 5.82. The van der Waals surface area contributed by atoms with Gasteiger partial charge in [-0.2, -0.15) is 0 Å². The topological polar surface area (TPSA) is 94.6 Å². The van der Waals surface area contributed by atoms with E-state index in [1.807, 2.05) is 32.0 Å². The Kier molecular flexibility index (Phi) is 10.5. The first-order valence-electron chi connectivity index (χ1n) is 9.20. The third-order valence-electron chi connectivity index (χ3n) is 3.65. The Morgan fingerprint density at radius 3 is 2.58 bits per heavy atom. The van der Waals surface area contributed by atoms with Gasteiger partial charge in [-0.05, 0) is 37.5 Å². The average molecular weight is 361 g/mol. The molecule has 4 N–H and O–H groups in total. The molecule has 0 heterocycles. The molecule has 1 aromatic carbocycles. The van der Waals surface area contributed by atoms with Crippen molar-refractivity contribution in [1.29, 1.82) is 0 Å². The number of hydrogen-bond acceptors (Lipinski definition) is 3. The zero-order valence-electron chi connectivity index (χ0n) is 16.0. The lowest BCUT2D eigenvalue weighted by Gasteiger charge is -2.11. The molecule has 0 fully saturated rings. The van der Waals surface area contributed by atoms with Crippen LogP contribution >= 0.6 is 0 Å². The number of carbonyl (C=O) groups is 2. The van der Waals surface area contributed by atoms with Crippen molar-refractivity contribution in [3.63, 3.8) is 0 Å². The molecule has 0 spiro atoms. The van der Waals surface area contributed by atoms with Crippen LogP contribution < -0.4 is 21.3 Å². The first-order chi connectivity index (χ1) is 12.6. The Hall–Kier alpha value is -2.57. The smallest absolute Gasteiger partial charge is 0.251 e. The SMILES string of the molecule is CCCNC(=O)CCN=C(NCC)NCCc1cccc(C(=O)NC)c1. The van der Waals surface area contributed by atoms with Crippen molar-refractivity contribution >= 4 is 17.8 Å². The summed E-state index contributed by atoms with van der Waals surface area (Å²) in [6.45, 7) is 6.60. The summed E-state index contributed by atoms with van der Waals surface area (Å²) in [6, 6.07) is 7.57. The number of benzene rings is 1. The molecular weight excluding hydrogens is 330 g/mol. The van der Waals surface area contributed by atoms with Gasteiger partial charge in [0.25, 0.3) is 5.91 Å². The number of hydrogen-bond donors (Lipinski definition) is 4. The van der Waals surface area contributed by atoms with Crippen LogP contribution in [0.4, 0.5) is 0 Å². The van der Waals surface area contributed by atoms with E-state index < -0.39 is 0 Å². The number of nitrogens with zero attached hydrogens (tertiary/aromatic N) is 1. The molecule has 0 aliphatic rings. The van der Waals surface area contributed by atoms with E-state index in [2.05, 4.69) is 26.3 Å². The Morgan fingerprint density at radius 1 is 1.08 bits per heavy atom. The maximum absolute atomic E-state index is 11.7. The zero-order chi connectivity index (χ0) is 19.2. The van der Waals surface area contributed by atoms with Crippen molar-refractivity contribution in [3.05, 3.63) is 35.4 Å². The predicted molar refractivity (Wildman–Crippen MR) is 105 cm³/mol. The van der Waals surface area contributed by atoms with Crippen molar-refractivity contribution in [1.82, 2.24) is 21.3 Å². The molecule has 0 unspecified atom stereocenters. The summed E-state index contributed by atoms with van der Waals surface area (Å²) in [6.07, 6.45) is 2.08. The van der Waals surface area contributed by atoms with Crippen LogP contribution in [0.25, 0.3) is 0 Å². The van der Waals surface area contributed by atoms with E-state index in [1.54, 1.807) is 13.1 Å². The molecule has 144 valence electrons. The summed E-state index contributed by atoms with van der Waals surface area (Å²) in [4.78, 5) is 27.7. The molecule has 0 saturated carbocycles. The first kappa shape index (κ1) is 21.5. The molecule has 0 aliphatic carbocycles. The molecule has 0 saturated heterocycles. The van der Waals surface area contributed by atoms with Gasteiger partial charge in [-0.15, -0.1) is 0 Å². The normalized spacial score (nSPS) is 11.0. The average Bonchev–Trinajstić information content (AvgIpc) is 2.66. The van der Waals surface area contributed by atoms with E-state index in [4.69, 9.17) is 0 Å². The highest BCUT2D eigenvalue weighted by atomic mass is 16.2. The largest absolute Gasteiger partial charge is 0.357 e. The number of nitrogens with one attached hydrogen (secondary N) is 4. The van der Waals surface area contributed by atoms with Gasteiger partial charge in [0, 0.05) is 38.7 Å². The lowest BCUT2D eigenvalue weighted by molar-refractivity contribution is -0.120. The van der Waals surface area contributed by atoms with Gasteiger partial charge in [-0.3, -0.25) is 14.6 Å². The minimum Gasteiger partial charge on any atom is -0.357 e. The number of carbonyl (C=O) groups excluding carboxylic acids is 2. The van der Waals surface area contributed by atoms with Gasteiger partial charge in [0.1, 0.15) is 0 Å². The van der Waals surface area contributed by atoms with Crippen molar-refractivity contribution in [2.75, 3.05) is 33.2 Å². The second kappa shape index (κ2) is 12.7. The van der Waals surface area contributed by atoms with Crippen molar-refractivity contribution in [3.8, 4) is 0 Å². The predicted octanol–water partition coefficient (Wildman–Crippen LogP) is 1.06. The van der Waals surface area contributed by atoms with Crippen LogP contribution in [0.3, 0.4) is 0 Å². The van der Waals surface area contributed by atoms with Crippen molar-refractivity contribution < 1.29 is 9.59 Å². The summed E-state index contributed by atoms with van der Waals surface area (Å²) < 4.78 is 0. The fourth-order valence-corrected chi connectivity index (χ4v) is 2.30.